The molecule has 5 heteroatoms. The third-order valence-corrected chi connectivity index (χ3v) is 2.83. The molecule has 2 rings (SSSR count). The second-order valence-electron chi connectivity index (χ2n) is 4.10. The van der Waals surface area contributed by atoms with E-state index in [4.69, 9.17) is 4.74 Å². The molecule has 1 unspecified atom stereocenters. The van der Waals surface area contributed by atoms with E-state index in [0.717, 1.165) is 31.7 Å². The maximum absolute atomic E-state index is 11.2. The van der Waals surface area contributed by atoms with E-state index >= 15 is 0 Å². The third-order valence-electron chi connectivity index (χ3n) is 2.83. The monoisotopic (exact) mass is 271 g/mol. The molecule has 1 aromatic rings. The topological polar surface area (TPSA) is 47.6 Å². The van der Waals surface area contributed by atoms with Gasteiger partial charge in [-0.3, -0.25) is 0 Å². The maximum Gasteiger partial charge on any atom is 0.337 e. The smallest absolute Gasteiger partial charge is 0.337 e. The number of hydrogen-bond acceptors (Lipinski definition) is 4. The van der Waals surface area contributed by atoms with Gasteiger partial charge in [0.05, 0.1) is 12.7 Å². The van der Waals surface area contributed by atoms with Gasteiger partial charge in [-0.2, -0.15) is 0 Å². The van der Waals surface area contributed by atoms with Crippen molar-refractivity contribution in [3.63, 3.8) is 0 Å². The van der Waals surface area contributed by atoms with Crippen LogP contribution in [0.15, 0.2) is 24.3 Å². The van der Waals surface area contributed by atoms with E-state index in [0.29, 0.717) is 5.56 Å². The van der Waals surface area contributed by atoms with Crippen molar-refractivity contribution in [3.8, 4) is 5.75 Å². The lowest BCUT2D eigenvalue weighted by Crippen LogP contribution is -2.37. The molecule has 1 atom stereocenters. The van der Waals surface area contributed by atoms with Gasteiger partial charge in [-0.15, -0.1) is 12.4 Å². The van der Waals surface area contributed by atoms with Crippen molar-refractivity contribution in [1.82, 2.24) is 5.32 Å². The molecule has 1 aliphatic rings. The van der Waals surface area contributed by atoms with Gasteiger partial charge in [-0.25, -0.2) is 4.79 Å². The van der Waals surface area contributed by atoms with Crippen molar-refractivity contribution in [1.29, 1.82) is 0 Å². The summed E-state index contributed by atoms with van der Waals surface area (Å²) in [6.07, 6.45) is 2.45. The zero-order valence-electron chi connectivity index (χ0n) is 10.3. The van der Waals surface area contributed by atoms with Crippen LogP contribution < -0.4 is 10.1 Å². The lowest BCUT2D eigenvalue weighted by molar-refractivity contribution is 0.0600. The van der Waals surface area contributed by atoms with Crippen LogP contribution in [0.25, 0.3) is 0 Å². The molecule has 1 heterocycles. The van der Waals surface area contributed by atoms with Crippen molar-refractivity contribution in [3.05, 3.63) is 29.8 Å². The molecule has 1 aliphatic heterocycles. The van der Waals surface area contributed by atoms with Crippen LogP contribution in [0, 0.1) is 0 Å². The van der Waals surface area contributed by atoms with Crippen molar-refractivity contribution in [2.75, 3.05) is 20.2 Å². The molecule has 0 aromatic heterocycles. The average Bonchev–Trinajstić information content (AvgIpc) is 2.40. The second-order valence-corrected chi connectivity index (χ2v) is 4.10. The first-order chi connectivity index (χ1) is 8.29. The predicted molar refractivity (Wildman–Crippen MR) is 71.5 cm³/mol. The number of ether oxygens (including phenoxy) is 2. The van der Waals surface area contributed by atoms with E-state index in [9.17, 15) is 4.79 Å². The largest absolute Gasteiger partial charge is 0.489 e. The molecule has 1 N–H and O–H groups in total. The van der Waals surface area contributed by atoms with Gasteiger partial charge < -0.3 is 14.8 Å². The summed E-state index contributed by atoms with van der Waals surface area (Å²) >= 11 is 0. The highest BCUT2D eigenvalue weighted by Crippen LogP contribution is 2.17. The Morgan fingerprint density at radius 3 is 2.61 bits per heavy atom. The molecule has 1 fully saturated rings. The zero-order chi connectivity index (χ0) is 12.1. The Morgan fingerprint density at radius 1 is 1.33 bits per heavy atom. The van der Waals surface area contributed by atoms with Gasteiger partial charge in [0.25, 0.3) is 0 Å². The Hall–Kier alpha value is -1.26. The normalized spacial score (nSPS) is 18.6. The first-order valence-electron chi connectivity index (χ1n) is 5.85. The molecule has 1 saturated heterocycles. The minimum Gasteiger partial charge on any atom is -0.489 e. The Bertz CT molecular complexity index is 374. The zero-order valence-corrected chi connectivity index (χ0v) is 11.2. The maximum atomic E-state index is 11.2. The van der Waals surface area contributed by atoms with E-state index in [-0.39, 0.29) is 24.5 Å². The van der Waals surface area contributed by atoms with Crippen molar-refractivity contribution in [2.45, 2.75) is 18.9 Å². The molecule has 0 bridgehead atoms. The van der Waals surface area contributed by atoms with Gasteiger partial charge in [-0.1, -0.05) is 0 Å². The Kier molecular flexibility index (Phi) is 5.95. The van der Waals surface area contributed by atoms with E-state index in [2.05, 4.69) is 10.1 Å². The summed E-state index contributed by atoms with van der Waals surface area (Å²) in [6, 6.07) is 7.05. The van der Waals surface area contributed by atoms with Crippen LogP contribution in [0.3, 0.4) is 0 Å². The van der Waals surface area contributed by atoms with Crippen molar-refractivity contribution >= 4 is 18.4 Å². The van der Waals surface area contributed by atoms with E-state index in [1.165, 1.54) is 7.11 Å². The summed E-state index contributed by atoms with van der Waals surface area (Å²) in [5.41, 5.74) is 0.543. The van der Waals surface area contributed by atoms with Crippen LogP contribution >= 0.6 is 12.4 Å². The number of piperidine rings is 1. The SMILES string of the molecule is COC(=O)c1ccc(OC2CCCNC2)cc1.Cl. The molecule has 0 saturated carbocycles. The van der Waals surface area contributed by atoms with E-state index in [1.807, 2.05) is 0 Å². The molecule has 0 aliphatic carbocycles. The Balaban J connectivity index is 0.00000162. The summed E-state index contributed by atoms with van der Waals surface area (Å²) < 4.78 is 10.4. The van der Waals surface area contributed by atoms with Gasteiger partial charge in [0.1, 0.15) is 11.9 Å². The van der Waals surface area contributed by atoms with Crippen molar-refractivity contribution in [2.24, 2.45) is 0 Å². The molecule has 18 heavy (non-hydrogen) atoms. The Labute approximate surface area is 113 Å². The van der Waals surface area contributed by atoms with Crippen LogP contribution in [0.1, 0.15) is 23.2 Å². The highest BCUT2D eigenvalue weighted by molar-refractivity contribution is 5.89. The minimum absolute atomic E-state index is 0. The number of nitrogens with one attached hydrogen (secondary N) is 1. The van der Waals surface area contributed by atoms with E-state index in [1.54, 1.807) is 24.3 Å². The first kappa shape index (κ1) is 14.8. The van der Waals surface area contributed by atoms with Crippen LogP contribution in [0.4, 0.5) is 0 Å². The summed E-state index contributed by atoms with van der Waals surface area (Å²) in [7, 11) is 1.38. The lowest BCUT2D eigenvalue weighted by Gasteiger charge is -2.23. The highest BCUT2D eigenvalue weighted by atomic mass is 35.5. The molecular weight excluding hydrogens is 254 g/mol. The Morgan fingerprint density at radius 2 is 2.06 bits per heavy atom. The number of carbonyl (C=O) groups excluding carboxylic acids is 1. The third kappa shape index (κ3) is 3.89. The van der Waals surface area contributed by atoms with Gasteiger partial charge in [0, 0.05) is 6.54 Å². The molecule has 4 nitrogen and oxygen atoms in total. The molecule has 100 valence electrons. The number of carbonyl (C=O) groups is 1. The highest BCUT2D eigenvalue weighted by Gasteiger charge is 2.14. The standard InChI is InChI=1S/C13H17NO3.ClH/c1-16-13(15)10-4-6-11(7-5-10)17-12-3-2-8-14-9-12;/h4-7,12,14H,2-3,8-9H2,1H3;1H. The van der Waals surface area contributed by atoms with Crippen LogP contribution in [0.2, 0.25) is 0 Å². The van der Waals surface area contributed by atoms with Crippen LogP contribution in [0.5, 0.6) is 5.75 Å². The predicted octanol–water partition coefficient (Wildman–Crippen LogP) is 2.03. The quantitative estimate of drug-likeness (QED) is 0.855. The van der Waals surface area contributed by atoms with Gasteiger partial charge in [0.15, 0.2) is 0 Å². The fraction of sp³-hybridized carbons (Fsp3) is 0.462. The number of methoxy groups -OCH3 is 1. The van der Waals surface area contributed by atoms with Crippen molar-refractivity contribution < 1.29 is 14.3 Å². The first-order valence-corrected chi connectivity index (χ1v) is 5.85. The van der Waals surface area contributed by atoms with Gasteiger partial charge in [0.2, 0.25) is 0 Å². The number of benzene rings is 1. The summed E-state index contributed by atoms with van der Waals surface area (Å²) in [5.74, 6) is 0.474. The minimum atomic E-state index is -0.323. The lowest BCUT2D eigenvalue weighted by atomic mass is 10.1. The number of esters is 1. The van der Waals surface area contributed by atoms with Crippen LogP contribution in [-0.4, -0.2) is 32.3 Å². The van der Waals surface area contributed by atoms with E-state index < -0.39 is 0 Å². The number of rotatable bonds is 3. The molecule has 1 aromatic carbocycles. The van der Waals surface area contributed by atoms with Gasteiger partial charge in [-0.05, 0) is 43.7 Å². The fourth-order valence-electron chi connectivity index (χ4n) is 1.90. The molecule has 0 spiro atoms. The van der Waals surface area contributed by atoms with Crippen LogP contribution in [-0.2, 0) is 4.74 Å². The fourth-order valence-corrected chi connectivity index (χ4v) is 1.90. The number of halogens is 1. The average molecular weight is 272 g/mol. The van der Waals surface area contributed by atoms with Gasteiger partial charge >= 0.3 is 5.97 Å². The molecular formula is C13H18ClNO3. The molecule has 0 amide bonds. The summed E-state index contributed by atoms with van der Waals surface area (Å²) in [6.45, 7) is 1.96. The summed E-state index contributed by atoms with van der Waals surface area (Å²) in [4.78, 5) is 11.2. The second kappa shape index (κ2) is 7.24. The number of hydrogen-bond donors (Lipinski definition) is 1. The summed E-state index contributed by atoms with van der Waals surface area (Å²) in [5, 5.41) is 3.29. The molecule has 0 radical (unpaired) electrons.